The molecule has 0 fully saturated rings. The van der Waals surface area contributed by atoms with Crippen LogP contribution < -0.4 is 16.2 Å². The Morgan fingerprint density at radius 1 is 0.962 bits per heavy atom. The highest BCUT2D eigenvalue weighted by Crippen LogP contribution is 2.20. The Labute approximate surface area is 158 Å². The molecule has 26 heavy (non-hydrogen) atoms. The lowest BCUT2D eigenvalue weighted by atomic mass is 10.2. The number of hydrogen-bond acceptors (Lipinski definition) is 4. The molecule has 0 saturated carbocycles. The van der Waals surface area contributed by atoms with E-state index < -0.39 is 23.5 Å². The zero-order chi connectivity index (χ0) is 18.9. The average molecular weight is 396 g/mol. The highest BCUT2D eigenvalue weighted by molar-refractivity contribution is 8.00. The number of amides is 3. The molecule has 0 heterocycles. The third-order valence-corrected chi connectivity index (χ3v) is 4.44. The third kappa shape index (κ3) is 6.05. The maximum absolute atomic E-state index is 13.4. The number of carbonyl (C=O) groups excluding carboxylic acids is 3. The Morgan fingerprint density at radius 3 is 2.35 bits per heavy atom. The van der Waals surface area contributed by atoms with Crippen molar-refractivity contribution in [3.63, 3.8) is 0 Å². The van der Waals surface area contributed by atoms with Crippen LogP contribution in [0.2, 0.25) is 5.02 Å². The highest BCUT2D eigenvalue weighted by Gasteiger charge is 2.12. The topological polar surface area (TPSA) is 87.3 Å². The number of halogens is 2. The average Bonchev–Trinajstić information content (AvgIpc) is 2.64. The molecule has 2 aromatic rings. The second-order valence-corrected chi connectivity index (χ2v) is 6.40. The summed E-state index contributed by atoms with van der Waals surface area (Å²) in [6, 6.07) is 12.5. The standard InChI is InChI=1S/C17H15ClFN3O3S/c18-12-6-2-1-5-11(12)17(25)20-9-15(23)21-22-16(24)10-26-14-8-4-3-7-13(14)19/h1-8H,9-10H2,(H,20,25)(H,21,23)(H,22,24). The van der Waals surface area contributed by atoms with Gasteiger partial charge in [-0.2, -0.15) is 0 Å². The van der Waals surface area contributed by atoms with Crippen molar-refractivity contribution in [3.8, 4) is 0 Å². The van der Waals surface area contributed by atoms with Gasteiger partial charge in [-0.15, -0.1) is 11.8 Å². The van der Waals surface area contributed by atoms with E-state index in [9.17, 15) is 18.8 Å². The molecule has 0 spiro atoms. The Kier molecular flexibility index (Phi) is 7.43. The molecule has 136 valence electrons. The largest absolute Gasteiger partial charge is 0.343 e. The van der Waals surface area contributed by atoms with Gasteiger partial charge >= 0.3 is 0 Å². The van der Waals surface area contributed by atoms with Gasteiger partial charge < -0.3 is 5.32 Å². The molecular formula is C17H15ClFN3O3S. The van der Waals surface area contributed by atoms with Crippen LogP contribution in [0.3, 0.4) is 0 Å². The SMILES string of the molecule is O=C(CNC(=O)c1ccccc1Cl)NNC(=O)CSc1ccccc1F. The maximum atomic E-state index is 13.4. The fourth-order valence-electron chi connectivity index (χ4n) is 1.83. The smallest absolute Gasteiger partial charge is 0.257 e. The number of hydrogen-bond donors (Lipinski definition) is 3. The van der Waals surface area contributed by atoms with Crippen molar-refractivity contribution in [2.24, 2.45) is 0 Å². The molecule has 3 N–H and O–H groups in total. The predicted octanol–water partition coefficient (Wildman–Crippen LogP) is 2.15. The zero-order valence-electron chi connectivity index (χ0n) is 13.4. The van der Waals surface area contributed by atoms with Gasteiger partial charge in [0.15, 0.2) is 0 Å². The fraction of sp³-hybridized carbons (Fsp3) is 0.118. The summed E-state index contributed by atoms with van der Waals surface area (Å²) in [4.78, 5) is 35.6. The van der Waals surface area contributed by atoms with Crippen molar-refractivity contribution in [1.29, 1.82) is 0 Å². The first-order valence-electron chi connectivity index (χ1n) is 7.45. The summed E-state index contributed by atoms with van der Waals surface area (Å²) in [5, 5.41) is 2.65. The van der Waals surface area contributed by atoms with Gasteiger partial charge in [0.2, 0.25) is 5.91 Å². The third-order valence-electron chi connectivity index (χ3n) is 3.06. The van der Waals surface area contributed by atoms with E-state index in [2.05, 4.69) is 16.2 Å². The first kappa shape index (κ1) is 19.7. The first-order valence-corrected chi connectivity index (χ1v) is 8.81. The van der Waals surface area contributed by atoms with E-state index >= 15 is 0 Å². The Balaban J connectivity index is 1.70. The van der Waals surface area contributed by atoms with Crippen LogP contribution in [-0.4, -0.2) is 30.0 Å². The molecule has 0 atom stereocenters. The molecule has 0 aliphatic carbocycles. The van der Waals surface area contributed by atoms with Crippen LogP contribution in [0, 0.1) is 5.82 Å². The molecule has 0 bridgehead atoms. The van der Waals surface area contributed by atoms with E-state index in [0.29, 0.717) is 4.90 Å². The Morgan fingerprint density at radius 2 is 1.62 bits per heavy atom. The number of hydrazine groups is 1. The molecule has 0 saturated heterocycles. The number of carbonyl (C=O) groups is 3. The summed E-state index contributed by atoms with van der Waals surface area (Å²) in [7, 11) is 0. The van der Waals surface area contributed by atoms with E-state index in [4.69, 9.17) is 11.6 Å². The minimum Gasteiger partial charge on any atom is -0.343 e. The van der Waals surface area contributed by atoms with Crippen molar-refractivity contribution in [3.05, 3.63) is 64.9 Å². The number of benzene rings is 2. The number of nitrogens with one attached hydrogen (secondary N) is 3. The van der Waals surface area contributed by atoms with Crippen molar-refractivity contribution >= 4 is 41.1 Å². The molecule has 3 amide bonds. The Hall–Kier alpha value is -2.58. The van der Waals surface area contributed by atoms with Gasteiger partial charge in [0.05, 0.1) is 22.9 Å². The minimum atomic E-state index is -0.616. The van der Waals surface area contributed by atoms with Crippen LogP contribution in [0.15, 0.2) is 53.4 Å². The quantitative estimate of drug-likeness (QED) is 0.516. The van der Waals surface area contributed by atoms with Gasteiger partial charge in [-0.3, -0.25) is 25.2 Å². The van der Waals surface area contributed by atoms with Crippen molar-refractivity contribution in [2.45, 2.75) is 4.90 Å². The normalized spacial score (nSPS) is 10.1. The van der Waals surface area contributed by atoms with Crippen LogP contribution in [0.4, 0.5) is 4.39 Å². The van der Waals surface area contributed by atoms with Crippen molar-refractivity contribution in [1.82, 2.24) is 16.2 Å². The van der Waals surface area contributed by atoms with Gasteiger partial charge in [-0.1, -0.05) is 35.9 Å². The summed E-state index contributed by atoms with van der Waals surface area (Å²) in [6.07, 6.45) is 0. The van der Waals surface area contributed by atoms with Gasteiger partial charge in [0.25, 0.3) is 11.8 Å². The van der Waals surface area contributed by atoms with Gasteiger partial charge in [0, 0.05) is 4.90 Å². The van der Waals surface area contributed by atoms with E-state index in [0.717, 1.165) is 11.8 Å². The summed E-state index contributed by atoms with van der Waals surface area (Å²) in [5.41, 5.74) is 4.59. The van der Waals surface area contributed by atoms with E-state index in [1.807, 2.05) is 0 Å². The van der Waals surface area contributed by atoms with Crippen LogP contribution in [0.25, 0.3) is 0 Å². The monoisotopic (exact) mass is 395 g/mol. The fourth-order valence-corrected chi connectivity index (χ4v) is 2.79. The van der Waals surface area contributed by atoms with Gasteiger partial charge in [-0.25, -0.2) is 4.39 Å². The number of thioether (sulfide) groups is 1. The molecule has 6 nitrogen and oxygen atoms in total. The predicted molar refractivity (Wildman–Crippen MR) is 97.2 cm³/mol. The lowest BCUT2D eigenvalue weighted by molar-refractivity contribution is -0.127. The minimum absolute atomic E-state index is 0.0762. The second-order valence-electron chi connectivity index (χ2n) is 4.98. The van der Waals surface area contributed by atoms with Crippen LogP contribution in [-0.2, 0) is 9.59 Å². The summed E-state index contributed by atoms with van der Waals surface area (Å²) >= 11 is 6.89. The highest BCUT2D eigenvalue weighted by atomic mass is 35.5. The summed E-state index contributed by atoms with van der Waals surface area (Å²) in [5.74, 6) is -2.13. The molecule has 0 aliphatic heterocycles. The van der Waals surface area contributed by atoms with Gasteiger partial charge in [0.1, 0.15) is 5.82 Å². The van der Waals surface area contributed by atoms with Gasteiger partial charge in [-0.05, 0) is 24.3 Å². The Bertz CT molecular complexity index is 819. The van der Waals surface area contributed by atoms with E-state index in [1.54, 1.807) is 36.4 Å². The lowest BCUT2D eigenvalue weighted by Crippen LogP contribution is -2.47. The summed E-state index contributed by atoms with van der Waals surface area (Å²) in [6.45, 7) is -0.342. The molecule has 0 unspecified atom stereocenters. The van der Waals surface area contributed by atoms with Crippen molar-refractivity contribution in [2.75, 3.05) is 12.3 Å². The molecule has 0 aromatic heterocycles. The molecule has 9 heteroatoms. The van der Waals surface area contributed by atoms with Crippen LogP contribution in [0.5, 0.6) is 0 Å². The molecule has 0 radical (unpaired) electrons. The maximum Gasteiger partial charge on any atom is 0.257 e. The number of rotatable bonds is 6. The van der Waals surface area contributed by atoms with Crippen molar-refractivity contribution < 1.29 is 18.8 Å². The van der Waals surface area contributed by atoms with Crippen LogP contribution in [0.1, 0.15) is 10.4 Å². The molecule has 2 rings (SSSR count). The van der Waals surface area contributed by atoms with Crippen LogP contribution >= 0.6 is 23.4 Å². The van der Waals surface area contributed by atoms with E-state index in [1.165, 1.54) is 12.1 Å². The lowest BCUT2D eigenvalue weighted by Gasteiger charge is -2.09. The second kappa shape index (κ2) is 9.79. The summed E-state index contributed by atoms with van der Waals surface area (Å²) < 4.78 is 13.4. The molecular weight excluding hydrogens is 381 g/mol. The molecule has 0 aliphatic rings. The zero-order valence-corrected chi connectivity index (χ0v) is 15.0. The first-order chi connectivity index (χ1) is 12.5. The molecule has 2 aromatic carbocycles. The van der Waals surface area contributed by atoms with E-state index in [-0.39, 0.29) is 22.9 Å².